The highest BCUT2D eigenvalue weighted by atomic mass is 32.2. The van der Waals surface area contributed by atoms with E-state index < -0.39 is 26.5 Å². The Morgan fingerprint density at radius 3 is 2.50 bits per heavy atom. The van der Waals surface area contributed by atoms with Crippen LogP contribution < -0.4 is 0 Å². The minimum atomic E-state index is -3.91. The molecule has 0 unspecified atom stereocenters. The molecule has 0 bridgehead atoms. The summed E-state index contributed by atoms with van der Waals surface area (Å²) in [6.45, 7) is 3.22. The maximum atomic E-state index is 13.3. The lowest BCUT2D eigenvalue weighted by molar-refractivity contribution is -0.139. The average molecular weight is 486 g/mol. The molecular formula is C26H31NO6S. The van der Waals surface area contributed by atoms with E-state index >= 15 is 0 Å². The van der Waals surface area contributed by atoms with Crippen LogP contribution in [0.5, 0.6) is 0 Å². The molecule has 2 aromatic carbocycles. The molecule has 0 aromatic heterocycles. The van der Waals surface area contributed by atoms with Crippen molar-refractivity contribution < 1.29 is 27.9 Å². The Balaban J connectivity index is 1.72. The lowest BCUT2D eigenvalue weighted by Crippen LogP contribution is -2.52. The second-order valence-electron chi connectivity index (χ2n) is 8.87. The molecule has 0 radical (unpaired) electrons. The average Bonchev–Trinajstić information content (AvgIpc) is 3.30. The van der Waals surface area contributed by atoms with Crippen molar-refractivity contribution in [2.75, 3.05) is 13.2 Å². The minimum absolute atomic E-state index is 0.141. The number of amides is 1. The van der Waals surface area contributed by atoms with Gasteiger partial charge in [-0.15, -0.1) is 0 Å². The summed E-state index contributed by atoms with van der Waals surface area (Å²) in [5, 5.41) is 9.54. The standard InChI is InChI=1S/C26H31NO6S/c1-26(2,25(30)27-16-8-13-23(27)17-28)34(31,32)19-22-12-7-6-11-21(22)14-15-24(29)33-18-20-9-4-3-5-10-20/h3-7,9-12,14-15,23,28H,8,13,16-19H2,1-2H3/b15-14+/t23-/m1/s1. The molecule has 0 spiro atoms. The van der Waals surface area contributed by atoms with Crippen molar-refractivity contribution in [3.63, 3.8) is 0 Å². The SMILES string of the molecule is CC(C)(C(=O)N1CCC[C@@H]1CO)S(=O)(=O)Cc1ccccc1/C=C/C(=O)OCc1ccccc1. The van der Waals surface area contributed by atoms with Gasteiger partial charge in [-0.2, -0.15) is 0 Å². The van der Waals surface area contributed by atoms with E-state index in [9.17, 15) is 23.1 Å². The number of carbonyl (C=O) groups is 2. The van der Waals surface area contributed by atoms with Gasteiger partial charge in [0.25, 0.3) is 0 Å². The highest BCUT2D eigenvalue weighted by molar-refractivity contribution is 7.92. The van der Waals surface area contributed by atoms with Crippen molar-refractivity contribution in [2.45, 2.75) is 49.8 Å². The van der Waals surface area contributed by atoms with Crippen LogP contribution in [0.3, 0.4) is 0 Å². The molecule has 7 nitrogen and oxygen atoms in total. The molecule has 1 heterocycles. The van der Waals surface area contributed by atoms with Gasteiger partial charge in [0.1, 0.15) is 11.4 Å². The van der Waals surface area contributed by atoms with Crippen LogP contribution >= 0.6 is 0 Å². The molecule has 0 saturated carbocycles. The topological polar surface area (TPSA) is 101 Å². The van der Waals surface area contributed by atoms with Gasteiger partial charge in [0, 0.05) is 12.6 Å². The number of hydrogen-bond acceptors (Lipinski definition) is 6. The molecule has 1 atom stereocenters. The number of sulfone groups is 1. The first kappa shape index (κ1) is 25.6. The maximum Gasteiger partial charge on any atom is 0.331 e. The van der Waals surface area contributed by atoms with Crippen LogP contribution in [0, 0.1) is 0 Å². The van der Waals surface area contributed by atoms with Gasteiger partial charge < -0.3 is 14.7 Å². The van der Waals surface area contributed by atoms with Gasteiger partial charge in [0.2, 0.25) is 5.91 Å². The van der Waals surface area contributed by atoms with Crippen molar-refractivity contribution >= 4 is 27.8 Å². The molecule has 1 fully saturated rings. The third-order valence-electron chi connectivity index (χ3n) is 6.16. The number of carbonyl (C=O) groups excluding carboxylic acids is 2. The number of ether oxygens (including phenoxy) is 1. The molecule has 1 saturated heterocycles. The van der Waals surface area contributed by atoms with E-state index in [2.05, 4.69) is 0 Å². The second-order valence-corrected chi connectivity index (χ2v) is 11.4. The van der Waals surface area contributed by atoms with Gasteiger partial charge in [-0.1, -0.05) is 54.6 Å². The van der Waals surface area contributed by atoms with Crippen LogP contribution in [0.2, 0.25) is 0 Å². The molecule has 3 rings (SSSR count). The molecule has 8 heteroatoms. The summed E-state index contributed by atoms with van der Waals surface area (Å²) in [6, 6.07) is 15.8. The fourth-order valence-corrected chi connectivity index (χ4v) is 5.34. The van der Waals surface area contributed by atoms with E-state index in [0.717, 1.165) is 12.0 Å². The fourth-order valence-electron chi connectivity index (χ4n) is 3.92. The Bertz CT molecular complexity index is 1140. The van der Waals surface area contributed by atoms with E-state index in [1.807, 2.05) is 30.3 Å². The Labute approximate surface area is 201 Å². The highest BCUT2D eigenvalue weighted by Crippen LogP contribution is 2.29. The minimum Gasteiger partial charge on any atom is -0.458 e. The van der Waals surface area contributed by atoms with Crippen LogP contribution in [0.25, 0.3) is 6.08 Å². The first-order chi connectivity index (χ1) is 16.2. The van der Waals surface area contributed by atoms with Gasteiger partial charge in [-0.25, -0.2) is 13.2 Å². The van der Waals surface area contributed by atoms with Crippen LogP contribution in [-0.4, -0.2) is 54.2 Å². The normalized spacial score (nSPS) is 16.7. The lowest BCUT2D eigenvalue weighted by atomic mass is 10.1. The summed E-state index contributed by atoms with van der Waals surface area (Å²) in [4.78, 5) is 26.7. The van der Waals surface area contributed by atoms with Gasteiger partial charge in [0.05, 0.1) is 18.4 Å². The molecule has 1 aliphatic rings. The molecule has 0 aliphatic carbocycles. The van der Waals surface area contributed by atoms with Crippen molar-refractivity contribution in [3.05, 3.63) is 77.4 Å². The molecule has 34 heavy (non-hydrogen) atoms. The zero-order valence-corrected chi connectivity index (χ0v) is 20.3. The molecule has 2 aromatic rings. The summed E-state index contributed by atoms with van der Waals surface area (Å²) in [6.07, 6.45) is 4.18. The monoisotopic (exact) mass is 485 g/mol. The quantitative estimate of drug-likeness (QED) is 0.433. The van der Waals surface area contributed by atoms with Gasteiger partial charge in [-0.05, 0) is 49.5 Å². The Hall–Kier alpha value is -2.97. The Morgan fingerprint density at radius 1 is 1.12 bits per heavy atom. The lowest BCUT2D eigenvalue weighted by Gasteiger charge is -2.32. The summed E-state index contributed by atoms with van der Waals surface area (Å²) in [5.41, 5.74) is 1.90. The number of rotatable bonds is 9. The summed E-state index contributed by atoms with van der Waals surface area (Å²) >= 11 is 0. The van der Waals surface area contributed by atoms with Crippen molar-refractivity contribution in [2.24, 2.45) is 0 Å². The smallest absolute Gasteiger partial charge is 0.331 e. The van der Waals surface area contributed by atoms with E-state index in [1.54, 1.807) is 24.3 Å². The van der Waals surface area contributed by atoms with Gasteiger partial charge in [-0.3, -0.25) is 4.79 Å². The number of nitrogens with zero attached hydrogens (tertiary/aromatic N) is 1. The maximum absolute atomic E-state index is 13.3. The van der Waals surface area contributed by atoms with Crippen LogP contribution in [0.15, 0.2) is 60.7 Å². The number of aliphatic hydroxyl groups is 1. The number of esters is 1. The molecular weight excluding hydrogens is 454 g/mol. The predicted octanol–water partition coefficient (Wildman–Crippen LogP) is 3.12. The summed E-state index contributed by atoms with van der Waals surface area (Å²) in [5.74, 6) is -1.40. The molecule has 1 aliphatic heterocycles. The zero-order chi connectivity index (χ0) is 24.8. The molecule has 1 amide bonds. The fraction of sp³-hybridized carbons (Fsp3) is 0.385. The van der Waals surface area contributed by atoms with Crippen LogP contribution in [0.1, 0.15) is 43.4 Å². The number of aliphatic hydroxyl groups excluding tert-OH is 1. The van der Waals surface area contributed by atoms with Gasteiger partial charge >= 0.3 is 5.97 Å². The predicted molar refractivity (Wildman–Crippen MR) is 130 cm³/mol. The Morgan fingerprint density at radius 2 is 1.79 bits per heavy atom. The van der Waals surface area contributed by atoms with E-state index in [0.29, 0.717) is 24.1 Å². The van der Waals surface area contributed by atoms with Crippen molar-refractivity contribution in [1.29, 1.82) is 0 Å². The van der Waals surface area contributed by atoms with Crippen LogP contribution in [-0.2, 0) is 36.5 Å². The van der Waals surface area contributed by atoms with E-state index in [1.165, 1.54) is 30.9 Å². The Kier molecular flexibility index (Phi) is 8.28. The first-order valence-electron chi connectivity index (χ1n) is 11.3. The molecule has 1 N–H and O–H groups in total. The summed E-state index contributed by atoms with van der Waals surface area (Å²) < 4.78 is 30.3. The van der Waals surface area contributed by atoms with E-state index in [4.69, 9.17) is 4.74 Å². The summed E-state index contributed by atoms with van der Waals surface area (Å²) in [7, 11) is -3.91. The third kappa shape index (κ3) is 5.93. The highest BCUT2D eigenvalue weighted by Gasteiger charge is 2.46. The van der Waals surface area contributed by atoms with E-state index in [-0.39, 0.29) is 25.0 Å². The van der Waals surface area contributed by atoms with Crippen molar-refractivity contribution in [3.8, 4) is 0 Å². The number of benzene rings is 2. The first-order valence-corrected chi connectivity index (χ1v) is 12.9. The zero-order valence-electron chi connectivity index (χ0n) is 19.5. The largest absolute Gasteiger partial charge is 0.458 e. The second kappa shape index (κ2) is 11.0. The van der Waals surface area contributed by atoms with Crippen LogP contribution in [0.4, 0.5) is 0 Å². The number of likely N-dealkylation sites (tertiary alicyclic amines) is 1. The molecule has 182 valence electrons. The van der Waals surface area contributed by atoms with Crippen molar-refractivity contribution in [1.82, 2.24) is 4.90 Å². The number of hydrogen-bond donors (Lipinski definition) is 1. The third-order valence-corrected chi connectivity index (χ3v) is 8.59. The van der Waals surface area contributed by atoms with Gasteiger partial charge in [0.15, 0.2) is 9.84 Å².